The summed E-state index contributed by atoms with van der Waals surface area (Å²) in [6.07, 6.45) is 5.84. The van der Waals surface area contributed by atoms with E-state index >= 15 is 0 Å². The summed E-state index contributed by atoms with van der Waals surface area (Å²) in [5.41, 5.74) is 5.34. The van der Waals surface area contributed by atoms with Crippen molar-refractivity contribution in [1.82, 2.24) is 25.1 Å². The number of fused-ring (bicyclic) bond motifs is 3. The molecule has 0 fully saturated rings. The molecule has 0 saturated heterocycles. The number of methoxy groups -OCH3 is 1. The van der Waals surface area contributed by atoms with E-state index in [9.17, 15) is 4.79 Å². The number of carbonyl (C=O) groups excluding carboxylic acids is 1. The van der Waals surface area contributed by atoms with Gasteiger partial charge in [-0.2, -0.15) is 0 Å². The second-order valence-electron chi connectivity index (χ2n) is 9.10. The topological polar surface area (TPSA) is 112 Å². The van der Waals surface area contributed by atoms with Crippen molar-refractivity contribution in [2.45, 2.75) is 19.6 Å². The van der Waals surface area contributed by atoms with Gasteiger partial charge in [0, 0.05) is 44.6 Å². The zero-order valence-corrected chi connectivity index (χ0v) is 22.5. The normalized spacial score (nSPS) is 14.6. The molecule has 11 heteroatoms. The first-order chi connectivity index (χ1) is 19.2. The van der Waals surface area contributed by atoms with Gasteiger partial charge in [0.15, 0.2) is 0 Å². The van der Waals surface area contributed by atoms with Gasteiger partial charge in [-0.05, 0) is 34.4 Å². The molecule has 2 bridgehead atoms. The molecule has 1 aliphatic heterocycles. The molecule has 0 radical (unpaired) electrons. The van der Waals surface area contributed by atoms with Crippen molar-refractivity contribution in [2.24, 2.45) is 0 Å². The summed E-state index contributed by atoms with van der Waals surface area (Å²) in [6.45, 7) is 3.14. The van der Waals surface area contributed by atoms with Gasteiger partial charge in [0.05, 0.1) is 19.8 Å². The third-order valence-electron chi connectivity index (χ3n) is 6.13. The highest BCUT2D eigenvalue weighted by Crippen LogP contribution is 2.28. The Labute approximate surface area is 231 Å². The minimum Gasteiger partial charge on any atom is -0.491 e. The Morgan fingerprint density at radius 1 is 1.05 bits per heavy atom. The third-order valence-corrected chi connectivity index (χ3v) is 6.94. The molecule has 0 atom stereocenters. The number of nitrogens with one attached hydrogen (secondary N) is 1. The summed E-state index contributed by atoms with van der Waals surface area (Å²) in [6, 6.07) is 14.6. The minimum absolute atomic E-state index is 0.151. The summed E-state index contributed by atoms with van der Waals surface area (Å²) < 4.78 is 17.0. The molecule has 0 unspecified atom stereocenters. The van der Waals surface area contributed by atoms with E-state index in [1.165, 1.54) is 17.7 Å². The molecule has 3 heterocycles. The SMILES string of the molecule is COCc1nnc(NC(=O)CN2CCOCCOc3ccc(-c4cncnc4)cc3Cc3cccc(c3)C2)s1. The summed E-state index contributed by atoms with van der Waals surface area (Å²) >= 11 is 1.31. The number of benzene rings is 2. The van der Waals surface area contributed by atoms with Crippen LogP contribution in [0.25, 0.3) is 11.1 Å². The van der Waals surface area contributed by atoms with Crippen molar-refractivity contribution in [3.63, 3.8) is 0 Å². The molecule has 0 aliphatic carbocycles. The zero-order chi connectivity index (χ0) is 26.9. The van der Waals surface area contributed by atoms with Gasteiger partial charge >= 0.3 is 0 Å². The molecule has 5 rings (SSSR count). The monoisotopic (exact) mass is 546 g/mol. The smallest absolute Gasteiger partial charge is 0.240 e. The first-order valence-corrected chi connectivity index (χ1v) is 13.5. The van der Waals surface area contributed by atoms with Crippen LogP contribution in [0.4, 0.5) is 5.13 Å². The van der Waals surface area contributed by atoms with Crippen LogP contribution in [0, 0.1) is 0 Å². The van der Waals surface area contributed by atoms with E-state index in [0.717, 1.165) is 33.6 Å². The van der Waals surface area contributed by atoms with Crippen LogP contribution in [0.2, 0.25) is 0 Å². The number of anilines is 1. The van der Waals surface area contributed by atoms with Crippen molar-refractivity contribution in [3.05, 3.63) is 82.9 Å². The molecular formula is C28H30N6O4S. The number of hydrogen-bond acceptors (Lipinski definition) is 10. The Bertz CT molecular complexity index is 1380. The standard InChI is InChI=1S/C28H30N6O4S/c1-36-18-27-32-33-28(39-27)31-26(35)17-34-7-8-37-9-10-38-25-6-5-22(24-14-29-19-30-15-24)13-23(25)12-20-3-2-4-21(11-20)16-34/h2-6,11,13-15,19H,7-10,12,16-18H2,1H3,(H,31,33,35). The maximum absolute atomic E-state index is 12.8. The summed E-state index contributed by atoms with van der Waals surface area (Å²) in [4.78, 5) is 23.2. The van der Waals surface area contributed by atoms with Crippen LogP contribution in [0.5, 0.6) is 5.75 Å². The van der Waals surface area contributed by atoms with Crippen LogP contribution in [0.15, 0.2) is 61.2 Å². The average Bonchev–Trinajstić information content (AvgIpc) is 3.38. The predicted octanol–water partition coefficient (Wildman–Crippen LogP) is 3.58. The lowest BCUT2D eigenvalue weighted by molar-refractivity contribution is -0.117. The van der Waals surface area contributed by atoms with Crippen molar-refractivity contribution in [3.8, 4) is 16.9 Å². The Kier molecular flexibility index (Phi) is 9.17. The first kappa shape index (κ1) is 26.8. The fourth-order valence-electron chi connectivity index (χ4n) is 4.37. The number of rotatable bonds is 6. The molecule has 202 valence electrons. The van der Waals surface area contributed by atoms with Gasteiger partial charge in [-0.1, -0.05) is 41.7 Å². The molecule has 1 aliphatic rings. The van der Waals surface area contributed by atoms with E-state index in [4.69, 9.17) is 14.2 Å². The second-order valence-corrected chi connectivity index (χ2v) is 10.2. The fourth-order valence-corrected chi connectivity index (χ4v) is 5.10. The highest BCUT2D eigenvalue weighted by atomic mass is 32.1. The van der Waals surface area contributed by atoms with Gasteiger partial charge in [0.25, 0.3) is 0 Å². The molecule has 39 heavy (non-hydrogen) atoms. The molecule has 1 N–H and O–H groups in total. The Hall–Kier alpha value is -3.77. The zero-order valence-electron chi connectivity index (χ0n) is 21.7. The van der Waals surface area contributed by atoms with Gasteiger partial charge in [0.1, 0.15) is 30.3 Å². The predicted molar refractivity (Wildman–Crippen MR) is 148 cm³/mol. The minimum atomic E-state index is -0.151. The number of amides is 1. The van der Waals surface area contributed by atoms with Gasteiger partial charge in [-0.15, -0.1) is 10.2 Å². The lowest BCUT2D eigenvalue weighted by Gasteiger charge is -2.22. The van der Waals surface area contributed by atoms with Gasteiger partial charge in [-0.25, -0.2) is 9.97 Å². The molecule has 0 spiro atoms. The lowest BCUT2D eigenvalue weighted by atomic mass is 9.98. The summed E-state index contributed by atoms with van der Waals surface area (Å²) in [7, 11) is 1.60. The van der Waals surface area contributed by atoms with Crippen LogP contribution in [-0.4, -0.2) is 71.0 Å². The highest BCUT2D eigenvalue weighted by Gasteiger charge is 2.16. The van der Waals surface area contributed by atoms with Crippen molar-refractivity contribution in [1.29, 1.82) is 0 Å². The lowest BCUT2D eigenvalue weighted by Crippen LogP contribution is -2.35. The molecule has 2 aromatic heterocycles. The maximum atomic E-state index is 12.8. The highest BCUT2D eigenvalue weighted by molar-refractivity contribution is 7.15. The van der Waals surface area contributed by atoms with E-state index in [1.54, 1.807) is 19.5 Å². The Morgan fingerprint density at radius 2 is 1.92 bits per heavy atom. The summed E-state index contributed by atoms with van der Waals surface area (Å²) in [5, 5.41) is 12.1. The molecule has 4 aromatic rings. The molecule has 0 saturated carbocycles. The van der Waals surface area contributed by atoms with Crippen LogP contribution < -0.4 is 10.1 Å². The maximum Gasteiger partial charge on any atom is 0.240 e. The van der Waals surface area contributed by atoms with Gasteiger partial charge in [-0.3, -0.25) is 15.0 Å². The van der Waals surface area contributed by atoms with Crippen molar-refractivity contribution < 1.29 is 19.0 Å². The number of aromatic nitrogens is 4. The first-order valence-electron chi connectivity index (χ1n) is 12.7. The Morgan fingerprint density at radius 3 is 2.79 bits per heavy atom. The number of ether oxygens (including phenoxy) is 3. The van der Waals surface area contributed by atoms with E-state index < -0.39 is 0 Å². The molecule has 2 aromatic carbocycles. The van der Waals surface area contributed by atoms with Crippen LogP contribution in [0.3, 0.4) is 0 Å². The van der Waals surface area contributed by atoms with Crippen molar-refractivity contribution in [2.75, 3.05) is 45.3 Å². The van der Waals surface area contributed by atoms with E-state index in [1.807, 2.05) is 12.1 Å². The molecular weight excluding hydrogens is 516 g/mol. The van der Waals surface area contributed by atoms with Gasteiger partial charge in [0.2, 0.25) is 11.0 Å². The van der Waals surface area contributed by atoms with E-state index in [0.29, 0.717) is 56.1 Å². The second kappa shape index (κ2) is 13.3. The quantitative estimate of drug-likeness (QED) is 0.388. The summed E-state index contributed by atoms with van der Waals surface area (Å²) in [5.74, 6) is 0.687. The number of hydrogen-bond donors (Lipinski definition) is 1. The number of carbonyl (C=O) groups is 1. The average molecular weight is 547 g/mol. The third kappa shape index (κ3) is 7.64. The Balaban J connectivity index is 1.32. The van der Waals surface area contributed by atoms with Crippen LogP contribution >= 0.6 is 11.3 Å². The fraction of sp³-hybridized carbons (Fsp3) is 0.321. The van der Waals surface area contributed by atoms with E-state index in [2.05, 4.69) is 60.7 Å². The van der Waals surface area contributed by atoms with Crippen LogP contribution in [0.1, 0.15) is 21.7 Å². The number of nitrogens with zero attached hydrogens (tertiary/aromatic N) is 5. The van der Waals surface area contributed by atoms with Gasteiger partial charge < -0.3 is 14.2 Å². The van der Waals surface area contributed by atoms with E-state index in [-0.39, 0.29) is 12.5 Å². The largest absolute Gasteiger partial charge is 0.491 e. The van der Waals surface area contributed by atoms with Crippen LogP contribution in [-0.2, 0) is 33.8 Å². The van der Waals surface area contributed by atoms with Crippen molar-refractivity contribution >= 4 is 22.4 Å². The molecule has 10 nitrogen and oxygen atoms in total. The molecule has 1 amide bonds.